The summed E-state index contributed by atoms with van der Waals surface area (Å²) in [6, 6.07) is 23.9. The Hall–Kier alpha value is -2.65. The zero-order valence-corrected chi connectivity index (χ0v) is 21.3. The van der Waals surface area contributed by atoms with Gasteiger partial charge in [-0.15, -0.1) is 0 Å². The number of rotatable bonds is 15. The Bertz CT molecular complexity index is 996. The number of phenolic OH excluding ortho intramolecular Hbond substituents is 1. The molecule has 34 heavy (non-hydrogen) atoms. The molecule has 1 N–H and O–H groups in total. The van der Waals surface area contributed by atoms with Crippen LogP contribution in [0.1, 0.15) is 82.3 Å². The molecule has 0 saturated carbocycles. The molecule has 3 aromatic carbocycles. The van der Waals surface area contributed by atoms with E-state index >= 15 is 0 Å². The number of thiocarbonyl (C=S) groups is 1. The predicted octanol–water partition coefficient (Wildman–Crippen LogP) is 9.13. The molecule has 0 saturated heterocycles. The maximum absolute atomic E-state index is 10.6. The van der Waals surface area contributed by atoms with E-state index in [4.69, 9.17) is 17.0 Å². The maximum atomic E-state index is 10.6. The molecule has 0 aromatic heterocycles. The summed E-state index contributed by atoms with van der Waals surface area (Å²) in [5.41, 5.74) is 3.90. The van der Waals surface area contributed by atoms with Crippen LogP contribution in [-0.4, -0.2) is 16.6 Å². The molecule has 0 bridgehead atoms. The van der Waals surface area contributed by atoms with E-state index in [-0.39, 0.29) is 5.75 Å². The van der Waals surface area contributed by atoms with Gasteiger partial charge < -0.3 is 9.84 Å². The van der Waals surface area contributed by atoms with Gasteiger partial charge in [-0.2, -0.15) is 0 Å². The number of unbranched alkanes of at least 4 members (excludes halogenated alkanes) is 9. The highest BCUT2D eigenvalue weighted by Crippen LogP contribution is 2.28. The first-order valence-corrected chi connectivity index (χ1v) is 13.3. The highest BCUT2D eigenvalue weighted by Gasteiger charge is 2.11. The van der Waals surface area contributed by atoms with Crippen molar-refractivity contribution in [2.24, 2.45) is 0 Å². The molecular weight excluding hydrogens is 436 g/mol. The summed E-state index contributed by atoms with van der Waals surface area (Å²) in [5, 5.41) is 10.6. The second-order valence-electron chi connectivity index (χ2n) is 8.98. The van der Waals surface area contributed by atoms with Crippen LogP contribution in [0, 0.1) is 0 Å². The predicted molar refractivity (Wildman–Crippen MR) is 148 cm³/mol. The van der Waals surface area contributed by atoms with E-state index in [0.717, 1.165) is 17.5 Å². The first-order chi connectivity index (χ1) is 16.7. The van der Waals surface area contributed by atoms with Gasteiger partial charge in [0.1, 0.15) is 11.5 Å². The summed E-state index contributed by atoms with van der Waals surface area (Å²) in [6.07, 6.45) is 13.0. The zero-order valence-electron chi connectivity index (χ0n) is 20.5. The van der Waals surface area contributed by atoms with Crippen molar-refractivity contribution in [3.8, 4) is 22.6 Å². The van der Waals surface area contributed by atoms with Crippen molar-refractivity contribution in [2.45, 2.75) is 71.1 Å². The number of aromatic hydroxyl groups is 1. The molecule has 3 rings (SSSR count). The van der Waals surface area contributed by atoms with Crippen LogP contribution in [0.2, 0.25) is 0 Å². The van der Waals surface area contributed by atoms with Crippen molar-refractivity contribution < 1.29 is 9.84 Å². The Morgan fingerprint density at radius 3 is 1.91 bits per heavy atom. The molecule has 180 valence electrons. The molecule has 0 unspecified atom stereocenters. The molecule has 0 heterocycles. The Labute approximate surface area is 211 Å². The molecule has 0 amide bonds. The van der Waals surface area contributed by atoms with Crippen molar-refractivity contribution in [3.05, 3.63) is 83.9 Å². The van der Waals surface area contributed by atoms with Gasteiger partial charge in [-0.25, -0.2) is 0 Å². The standard InChI is InChI=1S/C31H38O2S/c1-2-3-4-5-6-7-8-9-10-14-23-33-28-21-22-29(30(32)24-28)31(34)27-19-17-26(18-20-27)25-15-12-11-13-16-25/h11-13,15-22,24,32H,2-10,14,23H2,1H3. The molecule has 0 aliphatic carbocycles. The van der Waals surface area contributed by atoms with Gasteiger partial charge in [0.25, 0.3) is 0 Å². The van der Waals surface area contributed by atoms with E-state index in [0.29, 0.717) is 22.8 Å². The average Bonchev–Trinajstić information content (AvgIpc) is 2.87. The van der Waals surface area contributed by atoms with E-state index < -0.39 is 0 Å². The molecule has 2 nitrogen and oxygen atoms in total. The summed E-state index contributed by atoms with van der Waals surface area (Å²) < 4.78 is 5.86. The minimum atomic E-state index is 0.165. The molecule has 3 heteroatoms. The lowest BCUT2D eigenvalue weighted by Gasteiger charge is -2.11. The highest BCUT2D eigenvalue weighted by atomic mass is 32.1. The van der Waals surface area contributed by atoms with E-state index in [1.54, 1.807) is 6.07 Å². The summed E-state index contributed by atoms with van der Waals surface area (Å²) in [7, 11) is 0. The number of phenols is 1. The largest absolute Gasteiger partial charge is 0.507 e. The van der Waals surface area contributed by atoms with Crippen molar-refractivity contribution in [1.29, 1.82) is 0 Å². The van der Waals surface area contributed by atoms with Crippen molar-refractivity contribution in [3.63, 3.8) is 0 Å². The topological polar surface area (TPSA) is 29.5 Å². The fourth-order valence-corrected chi connectivity index (χ4v) is 4.48. The van der Waals surface area contributed by atoms with Gasteiger partial charge in [0.2, 0.25) is 0 Å². The number of ether oxygens (including phenoxy) is 1. The molecule has 0 spiro atoms. The average molecular weight is 475 g/mol. The lowest BCUT2D eigenvalue weighted by atomic mass is 9.99. The van der Waals surface area contributed by atoms with Gasteiger partial charge in [-0.1, -0.05) is 132 Å². The first-order valence-electron chi connectivity index (χ1n) is 12.8. The fourth-order valence-electron chi connectivity index (χ4n) is 4.17. The third-order valence-corrected chi connectivity index (χ3v) is 6.69. The molecule has 0 aliphatic rings. The zero-order chi connectivity index (χ0) is 24.0. The van der Waals surface area contributed by atoms with Crippen molar-refractivity contribution >= 4 is 17.1 Å². The van der Waals surface area contributed by atoms with Crippen LogP contribution >= 0.6 is 12.2 Å². The lowest BCUT2D eigenvalue weighted by Crippen LogP contribution is -2.02. The number of hydrogen-bond acceptors (Lipinski definition) is 3. The Balaban J connectivity index is 1.41. The van der Waals surface area contributed by atoms with Gasteiger partial charge in [-0.3, -0.25) is 0 Å². The normalized spacial score (nSPS) is 10.9. The van der Waals surface area contributed by atoms with Gasteiger partial charge >= 0.3 is 0 Å². The van der Waals surface area contributed by atoms with Crippen molar-refractivity contribution in [1.82, 2.24) is 0 Å². The Kier molecular flexibility index (Phi) is 11.1. The van der Waals surface area contributed by atoms with Crippen LogP contribution in [0.4, 0.5) is 0 Å². The molecule has 3 aromatic rings. The summed E-state index contributed by atoms with van der Waals surface area (Å²) in [6.45, 7) is 2.94. The number of benzene rings is 3. The summed E-state index contributed by atoms with van der Waals surface area (Å²) in [5.74, 6) is 0.858. The SMILES string of the molecule is CCCCCCCCCCCCOc1ccc(C(=S)c2ccc(-c3ccccc3)cc2)c(O)c1. The third-order valence-electron chi connectivity index (χ3n) is 6.23. The van der Waals surface area contributed by atoms with Gasteiger partial charge in [0.15, 0.2) is 0 Å². The number of hydrogen-bond donors (Lipinski definition) is 1. The summed E-state index contributed by atoms with van der Waals surface area (Å²) in [4.78, 5) is 0.637. The highest BCUT2D eigenvalue weighted by molar-refractivity contribution is 7.81. The summed E-state index contributed by atoms with van der Waals surface area (Å²) >= 11 is 5.66. The molecule has 0 aliphatic heterocycles. The minimum Gasteiger partial charge on any atom is -0.507 e. The van der Waals surface area contributed by atoms with Crippen LogP contribution in [0.25, 0.3) is 11.1 Å². The van der Waals surface area contributed by atoms with Crippen LogP contribution in [0.5, 0.6) is 11.5 Å². The lowest BCUT2D eigenvalue weighted by molar-refractivity contribution is 0.302. The van der Waals surface area contributed by atoms with Crippen LogP contribution in [-0.2, 0) is 0 Å². The third kappa shape index (κ3) is 8.29. The second-order valence-corrected chi connectivity index (χ2v) is 9.39. The van der Waals surface area contributed by atoms with Crippen LogP contribution in [0.3, 0.4) is 0 Å². The van der Waals surface area contributed by atoms with E-state index in [9.17, 15) is 5.11 Å². The first kappa shape index (κ1) is 26.0. The minimum absolute atomic E-state index is 0.165. The molecule has 0 atom stereocenters. The quantitative estimate of drug-likeness (QED) is 0.135. The van der Waals surface area contributed by atoms with E-state index in [1.807, 2.05) is 42.5 Å². The smallest absolute Gasteiger partial charge is 0.127 e. The van der Waals surface area contributed by atoms with Crippen molar-refractivity contribution in [2.75, 3.05) is 6.61 Å². The monoisotopic (exact) mass is 474 g/mol. The second kappa shape index (κ2) is 14.6. The van der Waals surface area contributed by atoms with E-state index in [2.05, 4.69) is 31.2 Å². The molecule has 0 fully saturated rings. The van der Waals surface area contributed by atoms with Gasteiger partial charge in [0.05, 0.1) is 11.5 Å². The maximum Gasteiger partial charge on any atom is 0.127 e. The Morgan fingerprint density at radius 1 is 0.706 bits per heavy atom. The van der Waals surface area contributed by atoms with E-state index in [1.165, 1.54) is 63.4 Å². The van der Waals surface area contributed by atoms with Gasteiger partial charge in [-0.05, 0) is 35.2 Å². The Morgan fingerprint density at radius 2 is 1.29 bits per heavy atom. The van der Waals surface area contributed by atoms with Crippen LogP contribution < -0.4 is 4.74 Å². The van der Waals surface area contributed by atoms with Gasteiger partial charge in [0, 0.05) is 11.6 Å². The van der Waals surface area contributed by atoms with Crippen LogP contribution in [0.15, 0.2) is 72.8 Å². The molecule has 0 radical (unpaired) electrons. The fraction of sp³-hybridized carbons (Fsp3) is 0.387. The molecular formula is C31H38O2S.